The first kappa shape index (κ1) is 31.8. The van der Waals surface area contributed by atoms with Crippen LogP contribution >= 0.6 is 7.82 Å². The van der Waals surface area contributed by atoms with Crippen molar-refractivity contribution in [3.63, 3.8) is 0 Å². The molecule has 3 saturated carbocycles. The van der Waals surface area contributed by atoms with Gasteiger partial charge in [-0.1, -0.05) is 25.5 Å². The monoisotopic (exact) mass is 502 g/mol. The second-order valence-electron chi connectivity index (χ2n) is 9.66. The Morgan fingerprint density at radius 3 is 2.36 bits per heavy atom. The smallest absolute Gasteiger partial charge is 0.790 e. The largest absolute Gasteiger partial charge is 1.00 e. The third-order valence-corrected chi connectivity index (χ3v) is 8.25. The molecule has 4 aliphatic rings. The van der Waals surface area contributed by atoms with Crippen molar-refractivity contribution < 1.29 is 103 Å². The fourth-order valence-electron chi connectivity index (χ4n) is 6.92. The van der Waals surface area contributed by atoms with E-state index < -0.39 is 37.3 Å². The van der Waals surface area contributed by atoms with E-state index in [4.69, 9.17) is 19.2 Å². The van der Waals surface area contributed by atoms with Gasteiger partial charge in [-0.2, -0.15) is 0 Å². The molecule has 4 aliphatic carbocycles. The summed E-state index contributed by atoms with van der Waals surface area (Å²) in [5, 5.41) is 31.7. The van der Waals surface area contributed by atoms with E-state index in [1.807, 2.05) is 13.0 Å². The van der Waals surface area contributed by atoms with Gasteiger partial charge in [0, 0.05) is 16.7 Å². The molecule has 0 aromatic carbocycles. The molecule has 7 atom stereocenters. The summed E-state index contributed by atoms with van der Waals surface area (Å²) in [6.07, 6.45) is 7.68. The van der Waals surface area contributed by atoms with Crippen LogP contribution in [0.3, 0.4) is 0 Å². The van der Waals surface area contributed by atoms with Crippen LogP contribution in [-0.4, -0.2) is 50.1 Å². The molecular formula is C21H29Na2O9P. The fourth-order valence-corrected chi connectivity index (χ4v) is 6.92. The Kier molecular flexibility index (Phi) is 10.7. The molecule has 4 N–H and O–H groups in total. The van der Waals surface area contributed by atoms with Gasteiger partial charge < -0.3 is 34.6 Å². The molecular weight excluding hydrogens is 473 g/mol. The van der Waals surface area contributed by atoms with E-state index in [0.29, 0.717) is 12.8 Å². The summed E-state index contributed by atoms with van der Waals surface area (Å²) >= 11 is 0. The molecule has 1 unspecified atom stereocenters. The summed E-state index contributed by atoms with van der Waals surface area (Å²) in [5.41, 5.74) is -1.54. The fraction of sp³-hybridized carbons (Fsp3) is 0.714. The van der Waals surface area contributed by atoms with Crippen molar-refractivity contribution in [2.24, 2.45) is 28.6 Å². The summed E-state index contributed by atoms with van der Waals surface area (Å²) in [6, 6.07) is 0. The Morgan fingerprint density at radius 2 is 1.82 bits per heavy atom. The topological polar surface area (TPSA) is 178 Å². The number of rotatable bonds is 2. The Hall–Kier alpha value is 0.810. The van der Waals surface area contributed by atoms with Crippen molar-refractivity contribution in [2.45, 2.75) is 57.7 Å². The minimum absolute atomic E-state index is 0. The molecule has 3 fully saturated rings. The Balaban J connectivity index is 0.000000707. The number of carbonyl (C=O) groups is 2. The number of aliphatic hydroxyl groups excluding tert-OH is 2. The van der Waals surface area contributed by atoms with Gasteiger partial charge in [0.25, 0.3) is 0 Å². The van der Waals surface area contributed by atoms with Gasteiger partial charge in [-0.05, 0) is 56.1 Å². The van der Waals surface area contributed by atoms with Crippen molar-refractivity contribution in [3.05, 3.63) is 23.8 Å². The molecule has 12 heteroatoms. The number of carbonyl (C=O) groups excluding carboxylic acids is 2. The molecule has 0 spiro atoms. The number of hydrogen-bond donors (Lipinski definition) is 4. The molecule has 174 valence electrons. The number of phosphoric acid groups is 1. The second-order valence-corrected chi connectivity index (χ2v) is 10.6. The summed E-state index contributed by atoms with van der Waals surface area (Å²) in [4.78, 5) is 48.4. The minimum Gasteiger partial charge on any atom is -0.790 e. The number of ketones is 2. The van der Waals surface area contributed by atoms with Gasteiger partial charge in [-0.3, -0.25) is 9.59 Å². The molecule has 33 heavy (non-hydrogen) atoms. The number of fused-ring (bicyclic) bond motifs is 5. The first-order valence-corrected chi connectivity index (χ1v) is 11.9. The zero-order valence-electron chi connectivity index (χ0n) is 19.6. The van der Waals surface area contributed by atoms with Gasteiger partial charge in [-0.25, -0.2) is 0 Å². The van der Waals surface area contributed by atoms with E-state index in [-0.39, 0.29) is 88.1 Å². The van der Waals surface area contributed by atoms with Crippen LogP contribution in [0.1, 0.15) is 46.0 Å². The Morgan fingerprint density at radius 1 is 1.24 bits per heavy atom. The third kappa shape index (κ3) is 5.72. The van der Waals surface area contributed by atoms with Crippen LogP contribution in [0.25, 0.3) is 0 Å². The maximum absolute atomic E-state index is 12.4. The summed E-state index contributed by atoms with van der Waals surface area (Å²) in [6.45, 7) is 3.34. The maximum atomic E-state index is 12.4. The maximum Gasteiger partial charge on any atom is 1.00 e. The van der Waals surface area contributed by atoms with Crippen LogP contribution < -0.4 is 68.9 Å². The number of hydrogen-bond acceptors (Lipinski definition) is 8. The predicted octanol–water partition coefficient (Wildman–Crippen LogP) is -6.63. The van der Waals surface area contributed by atoms with Crippen LogP contribution in [0, 0.1) is 28.6 Å². The molecule has 0 aliphatic heterocycles. The average molecular weight is 502 g/mol. The van der Waals surface area contributed by atoms with Gasteiger partial charge >= 0.3 is 59.1 Å². The molecule has 4 rings (SSSR count). The quantitative estimate of drug-likeness (QED) is 0.211. The zero-order valence-corrected chi connectivity index (χ0v) is 24.5. The molecule has 0 radical (unpaired) electrons. The van der Waals surface area contributed by atoms with E-state index in [1.165, 1.54) is 0 Å². The van der Waals surface area contributed by atoms with E-state index in [0.717, 1.165) is 24.8 Å². The summed E-state index contributed by atoms with van der Waals surface area (Å²) in [5.74, 6) is -0.227. The van der Waals surface area contributed by atoms with Crippen molar-refractivity contribution >= 4 is 19.4 Å². The van der Waals surface area contributed by atoms with E-state index >= 15 is 0 Å². The standard InChI is InChI=1S/C21H28O5.2Na.H3O4P/c1-19-7-5-13(23)9-12(19)3-4-14-15-6-8-21(26,17(25)11-22)20(15,2)10-16(24)18(14)19;;;1-5(2,3)4/h5,7,9,14-16,18,22,24,26H,3-4,6,8,10-11H2,1-2H3;;;(H3,1,2,3,4)/q;2*+1;/p-2/t14-,15-,16?,18+,19-,20-,21-;;;/m0.../s1. The number of aliphatic hydroxyl groups is 3. The SMILES string of the molecule is C[C@]12C=CC(=O)C=C1CC[C@@H]1[C@@H]2C(O)C[C@@]2(C)[C@H]1CC[C@]2(O)C(=O)CO.O=P([O-])([O-])O.[Na+].[Na+]. The normalized spacial score (nSPS) is 41.1. The van der Waals surface area contributed by atoms with Crippen molar-refractivity contribution in [1.29, 1.82) is 0 Å². The second kappa shape index (κ2) is 11.1. The van der Waals surface area contributed by atoms with Gasteiger partial charge in [0.2, 0.25) is 0 Å². The predicted molar refractivity (Wildman–Crippen MR) is 105 cm³/mol. The number of Topliss-reactive ketones (excluding diaryl/α,β-unsaturated/α-hetero) is 1. The molecule has 0 heterocycles. The first-order valence-electron chi connectivity index (χ1n) is 10.4. The van der Waals surface area contributed by atoms with Crippen molar-refractivity contribution in [1.82, 2.24) is 0 Å². The van der Waals surface area contributed by atoms with Crippen molar-refractivity contribution in [2.75, 3.05) is 6.61 Å². The van der Waals surface area contributed by atoms with Crippen molar-refractivity contribution in [3.8, 4) is 0 Å². The first-order chi connectivity index (χ1) is 14.2. The summed E-state index contributed by atoms with van der Waals surface area (Å²) < 4.78 is 8.66. The van der Waals surface area contributed by atoms with Crippen LogP contribution in [0.5, 0.6) is 0 Å². The van der Waals surface area contributed by atoms with Gasteiger partial charge in [0.05, 0.1) is 13.9 Å². The van der Waals surface area contributed by atoms with Crippen LogP contribution in [0.4, 0.5) is 0 Å². The van der Waals surface area contributed by atoms with Crippen LogP contribution in [0.15, 0.2) is 23.8 Å². The van der Waals surface area contributed by atoms with E-state index in [9.17, 15) is 24.9 Å². The third-order valence-electron chi connectivity index (χ3n) is 8.25. The van der Waals surface area contributed by atoms with Crippen LogP contribution in [0.2, 0.25) is 0 Å². The molecule has 0 aromatic rings. The van der Waals surface area contributed by atoms with Gasteiger partial charge in [-0.15, -0.1) is 0 Å². The van der Waals surface area contributed by atoms with Gasteiger partial charge in [0.1, 0.15) is 12.2 Å². The van der Waals surface area contributed by atoms with E-state index in [1.54, 1.807) is 12.2 Å². The summed E-state index contributed by atoms with van der Waals surface area (Å²) in [7, 11) is -5.14. The van der Waals surface area contributed by atoms with Crippen LogP contribution in [-0.2, 0) is 14.2 Å². The molecule has 9 nitrogen and oxygen atoms in total. The Bertz CT molecular complexity index is 879. The average Bonchev–Trinajstić information content (AvgIpc) is 2.91. The zero-order chi connectivity index (χ0) is 23.4. The molecule has 0 aromatic heterocycles. The van der Waals surface area contributed by atoms with Gasteiger partial charge in [0.15, 0.2) is 11.6 Å². The van der Waals surface area contributed by atoms with E-state index in [2.05, 4.69) is 6.92 Å². The molecule has 0 saturated heterocycles. The number of allylic oxidation sites excluding steroid dienone is 4. The Labute approximate surface area is 237 Å². The molecule has 0 bridgehead atoms. The molecule has 0 amide bonds. The minimum atomic E-state index is -5.14.